The summed E-state index contributed by atoms with van der Waals surface area (Å²) in [7, 11) is 2.22. The van der Waals surface area contributed by atoms with Crippen LogP contribution < -0.4 is 4.65 Å². The SMILES string of the molecule is C[SiH](C)C.[SiH3]N[SiH3]. The van der Waals surface area contributed by atoms with Crippen LogP contribution in [0, 0.1) is 0 Å². The summed E-state index contributed by atoms with van der Waals surface area (Å²) < 4.78 is 3.03. The number of rotatable bonds is 0. The molecule has 0 saturated heterocycles. The molecule has 0 atom stereocenters. The van der Waals surface area contributed by atoms with E-state index in [0.717, 1.165) is 0 Å². The fourth-order valence-corrected chi connectivity index (χ4v) is 0. The second-order valence-electron chi connectivity index (χ2n) is 2.23. The first-order valence-corrected chi connectivity index (χ1v) is 8.20. The van der Waals surface area contributed by atoms with Crippen molar-refractivity contribution < 1.29 is 0 Å². The molecule has 0 spiro atoms. The molecule has 0 amide bonds. The molecule has 0 bridgehead atoms. The van der Waals surface area contributed by atoms with Crippen LogP contribution in [0.25, 0.3) is 0 Å². The van der Waals surface area contributed by atoms with E-state index in [1.54, 1.807) is 0 Å². The third-order valence-electron chi connectivity index (χ3n) is 0. The summed E-state index contributed by atoms with van der Waals surface area (Å²) in [5, 5.41) is 0. The van der Waals surface area contributed by atoms with Gasteiger partial charge in [0.2, 0.25) is 0 Å². The molecular formula is C3H17NSi3. The van der Waals surface area contributed by atoms with Gasteiger partial charge in [-0.1, -0.05) is 19.6 Å². The topological polar surface area (TPSA) is 12.0 Å². The highest BCUT2D eigenvalue weighted by molar-refractivity contribution is 6.54. The Morgan fingerprint density at radius 2 is 1.14 bits per heavy atom. The first-order valence-electron chi connectivity index (χ1n) is 2.73. The quantitative estimate of drug-likeness (QED) is 0.405. The van der Waals surface area contributed by atoms with Gasteiger partial charge in [-0.05, 0) is 0 Å². The van der Waals surface area contributed by atoms with E-state index < -0.39 is 0 Å². The van der Waals surface area contributed by atoms with Crippen LogP contribution in [0.15, 0.2) is 0 Å². The summed E-state index contributed by atoms with van der Waals surface area (Å²) in [6.45, 7) is 6.92. The lowest BCUT2D eigenvalue weighted by atomic mass is 11.8. The van der Waals surface area contributed by atoms with Crippen LogP contribution in [0.5, 0.6) is 0 Å². The van der Waals surface area contributed by atoms with Gasteiger partial charge >= 0.3 is 0 Å². The fraction of sp³-hybridized carbons (Fsp3) is 1.00. The van der Waals surface area contributed by atoms with Gasteiger partial charge in [-0.2, -0.15) is 0 Å². The van der Waals surface area contributed by atoms with Gasteiger partial charge in [0.05, 0.1) is 20.8 Å². The summed E-state index contributed by atoms with van der Waals surface area (Å²) >= 11 is 0. The maximum Gasteiger partial charge on any atom is 0.0670 e. The Balaban J connectivity index is 0. The Kier molecular flexibility index (Phi) is 14.8. The lowest BCUT2D eigenvalue weighted by Gasteiger charge is -1.75. The zero-order chi connectivity index (χ0) is 6.28. The predicted molar refractivity (Wildman–Crippen MR) is 47.8 cm³/mol. The molecule has 0 radical (unpaired) electrons. The molecule has 0 fully saturated rings. The van der Waals surface area contributed by atoms with E-state index in [2.05, 4.69) is 24.3 Å². The Labute approximate surface area is 54.5 Å². The van der Waals surface area contributed by atoms with Gasteiger partial charge in [0.25, 0.3) is 0 Å². The molecule has 0 aromatic rings. The second-order valence-corrected chi connectivity index (χ2v) is 9.70. The molecule has 1 N–H and O–H groups in total. The van der Waals surface area contributed by atoms with Crippen molar-refractivity contribution >= 4 is 29.6 Å². The average molecular weight is 151 g/mol. The van der Waals surface area contributed by atoms with E-state index in [0.29, 0.717) is 0 Å². The molecule has 0 saturated carbocycles. The highest BCUT2D eigenvalue weighted by atomic mass is 28.3. The summed E-state index contributed by atoms with van der Waals surface area (Å²) in [6.07, 6.45) is 0. The van der Waals surface area contributed by atoms with Crippen molar-refractivity contribution in [2.75, 3.05) is 0 Å². The van der Waals surface area contributed by atoms with E-state index in [1.807, 2.05) is 0 Å². The Bertz CT molecular complexity index is 21.4. The van der Waals surface area contributed by atoms with E-state index in [4.69, 9.17) is 0 Å². The number of hydrogen-bond donors (Lipinski definition) is 1. The van der Waals surface area contributed by atoms with Crippen LogP contribution >= 0.6 is 0 Å². The van der Waals surface area contributed by atoms with Crippen molar-refractivity contribution in [1.29, 1.82) is 0 Å². The molecule has 0 aliphatic heterocycles. The first-order chi connectivity index (χ1) is 3.15. The minimum Gasteiger partial charge on any atom is -0.374 e. The standard InChI is InChI=1S/C3H10Si.H7NSi2/c1-4(2)3;2-1-3/h4H,1-3H3;1H,2-3H3. The lowest BCUT2D eigenvalue weighted by Crippen LogP contribution is -1.97. The normalized spacial score (nSPS) is 8.57. The van der Waals surface area contributed by atoms with Crippen LogP contribution in [0.2, 0.25) is 19.6 Å². The second kappa shape index (κ2) is 9.79. The van der Waals surface area contributed by atoms with Gasteiger partial charge in [-0.3, -0.25) is 0 Å². The summed E-state index contributed by atoms with van der Waals surface area (Å²) in [5.74, 6) is 0. The fourth-order valence-electron chi connectivity index (χ4n) is 0. The van der Waals surface area contributed by atoms with E-state index in [9.17, 15) is 0 Å². The first kappa shape index (κ1) is 10.6. The molecule has 0 aliphatic carbocycles. The molecule has 7 heavy (non-hydrogen) atoms. The van der Waals surface area contributed by atoms with Crippen LogP contribution in [0.4, 0.5) is 0 Å². The number of hydrogen-bond acceptors (Lipinski definition) is 1. The van der Waals surface area contributed by atoms with Crippen LogP contribution in [0.3, 0.4) is 0 Å². The van der Waals surface area contributed by atoms with Crippen molar-refractivity contribution in [1.82, 2.24) is 4.65 Å². The molecule has 0 aliphatic rings. The van der Waals surface area contributed by atoms with Crippen LogP contribution in [-0.2, 0) is 0 Å². The molecule has 0 rings (SSSR count). The smallest absolute Gasteiger partial charge is 0.0670 e. The predicted octanol–water partition coefficient (Wildman–Crippen LogP) is -1.76. The zero-order valence-electron chi connectivity index (χ0n) is 6.08. The van der Waals surface area contributed by atoms with Crippen LogP contribution in [0.1, 0.15) is 0 Å². The van der Waals surface area contributed by atoms with Gasteiger partial charge in [0, 0.05) is 8.80 Å². The maximum absolute atomic E-state index is 3.03. The summed E-state index contributed by atoms with van der Waals surface area (Å²) in [4.78, 5) is 0. The van der Waals surface area contributed by atoms with Gasteiger partial charge < -0.3 is 4.65 Å². The highest BCUT2D eigenvalue weighted by Crippen LogP contribution is 1.68. The third kappa shape index (κ3) is 377. The molecular weight excluding hydrogens is 134 g/mol. The minimum atomic E-state index is -0.139. The monoisotopic (exact) mass is 151 g/mol. The van der Waals surface area contributed by atoms with Crippen molar-refractivity contribution in [2.45, 2.75) is 19.6 Å². The molecule has 0 heterocycles. The Hall–Kier alpha value is 0.611. The zero-order valence-corrected chi connectivity index (χ0v) is 11.2. The van der Waals surface area contributed by atoms with Crippen molar-refractivity contribution in [3.8, 4) is 0 Å². The largest absolute Gasteiger partial charge is 0.374 e. The van der Waals surface area contributed by atoms with Crippen molar-refractivity contribution in [2.24, 2.45) is 0 Å². The van der Waals surface area contributed by atoms with E-state index >= 15 is 0 Å². The van der Waals surface area contributed by atoms with E-state index in [1.165, 1.54) is 20.8 Å². The molecule has 0 aromatic carbocycles. The average Bonchev–Trinajstić information content (AvgIpc) is 1.33. The molecule has 4 heteroatoms. The lowest BCUT2D eigenvalue weighted by molar-refractivity contribution is 1.68. The maximum atomic E-state index is 3.03. The molecule has 0 unspecified atom stereocenters. The molecule has 0 aromatic heterocycles. The number of nitrogens with one attached hydrogen (secondary N) is 1. The third-order valence-corrected chi connectivity index (χ3v) is 0. The molecule has 1 nitrogen and oxygen atoms in total. The van der Waals surface area contributed by atoms with Crippen molar-refractivity contribution in [3.05, 3.63) is 0 Å². The Morgan fingerprint density at radius 3 is 1.14 bits per heavy atom. The van der Waals surface area contributed by atoms with Crippen molar-refractivity contribution in [3.63, 3.8) is 0 Å². The van der Waals surface area contributed by atoms with Gasteiger partial charge in [-0.25, -0.2) is 0 Å². The minimum absolute atomic E-state index is 0.139. The molecule has 46 valence electrons. The summed E-state index contributed by atoms with van der Waals surface area (Å²) in [6, 6.07) is 0. The van der Waals surface area contributed by atoms with E-state index in [-0.39, 0.29) is 8.80 Å². The van der Waals surface area contributed by atoms with Gasteiger partial charge in [0.1, 0.15) is 0 Å². The van der Waals surface area contributed by atoms with Gasteiger partial charge in [-0.15, -0.1) is 0 Å². The highest BCUT2D eigenvalue weighted by Gasteiger charge is 1.71. The summed E-state index contributed by atoms with van der Waals surface area (Å²) in [5.41, 5.74) is 0. The van der Waals surface area contributed by atoms with Gasteiger partial charge in [0.15, 0.2) is 0 Å². The Morgan fingerprint density at radius 1 is 1.14 bits per heavy atom. The van der Waals surface area contributed by atoms with Crippen LogP contribution in [-0.4, -0.2) is 29.6 Å².